The van der Waals surface area contributed by atoms with Crippen molar-refractivity contribution < 1.29 is 9.63 Å². The van der Waals surface area contributed by atoms with E-state index < -0.39 is 0 Å². The Morgan fingerprint density at radius 3 is 2.94 bits per heavy atom. The van der Waals surface area contributed by atoms with E-state index in [2.05, 4.69) is 10.1 Å². The summed E-state index contributed by atoms with van der Waals surface area (Å²) in [6, 6.07) is 7.32. The number of hydrogen-bond acceptors (Lipinski definition) is 4. The van der Waals surface area contributed by atoms with Crippen molar-refractivity contribution in [2.24, 2.45) is 0 Å². The molecular weight excluding hydrogens is 240 g/mol. The van der Waals surface area contributed by atoms with E-state index in [1.165, 1.54) is 0 Å². The smallest absolute Gasteiger partial charge is 0.226 e. The van der Waals surface area contributed by atoms with Crippen LogP contribution in [0.4, 0.5) is 0 Å². The van der Waals surface area contributed by atoms with Gasteiger partial charge in [-0.3, -0.25) is 0 Å². The van der Waals surface area contributed by atoms with Gasteiger partial charge in [0.1, 0.15) is 0 Å². The third-order valence-corrected chi connectivity index (χ3v) is 2.58. The Morgan fingerprint density at radius 1 is 1.29 bits per heavy atom. The number of aryl methyl sites for hydroxylation is 1. The van der Waals surface area contributed by atoms with Gasteiger partial charge < -0.3 is 9.63 Å². The molecule has 4 nitrogen and oxygen atoms in total. The molecule has 0 saturated carbocycles. The topological polar surface area (TPSA) is 59.2 Å². The minimum absolute atomic E-state index is 0.190. The van der Waals surface area contributed by atoms with Gasteiger partial charge in [-0.1, -0.05) is 28.9 Å². The predicted molar refractivity (Wildman–Crippen MR) is 64.8 cm³/mol. The molecule has 2 aromatic rings. The van der Waals surface area contributed by atoms with Gasteiger partial charge in [0, 0.05) is 23.6 Å². The van der Waals surface area contributed by atoms with Crippen LogP contribution < -0.4 is 0 Å². The summed E-state index contributed by atoms with van der Waals surface area (Å²) >= 11 is 5.89. The molecule has 0 fully saturated rings. The van der Waals surface area contributed by atoms with Gasteiger partial charge >= 0.3 is 0 Å². The van der Waals surface area contributed by atoms with Crippen molar-refractivity contribution in [1.29, 1.82) is 0 Å². The van der Waals surface area contributed by atoms with Gasteiger partial charge in [-0.25, -0.2) is 0 Å². The Bertz CT molecular complexity index is 485. The second-order valence-corrected chi connectivity index (χ2v) is 4.14. The molecular formula is C12H13ClN2O2. The summed E-state index contributed by atoms with van der Waals surface area (Å²) in [4.78, 5) is 4.28. The van der Waals surface area contributed by atoms with Crippen LogP contribution in [0.5, 0.6) is 0 Å². The van der Waals surface area contributed by atoms with Crippen molar-refractivity contribution in [2.75, 3.05) is 6.61 Å². The molecule has 0 aliphatic heterocycles. The summed E-state index contributed by atoms with van der Waals surface area (Å²) in [5.41, 5.74) is 0.842. The Kier molecular flexibility index (Phi) is 4.12. The Balaban J connectivity index is 2.07. The van der Waals surface area contributed by atoms with Crippen LogP contribution in [0.2, 0.25) is 5.02 Å². The maximum absolute atomic E-state index is 8.68. The molecule has 17 heavy (non-hydrogen) atoms. The number of aliphatic hydroxyl groups excluding tert-OH is 1. The lowest BCUT2D eigenvalue weighted by Gasteiger charge is -1.94. The van der Waals surface area contributed by atoms with Crippen LogP contribution in [0.25, 0.3) is 11.4 Å². The number of aromatic nitrogens is 2. The van der Waals surface area contributed by atoms with Crippen LogP contribution >= 0.6 is 11.6 Å². The van der Waals surface area contributed by atoms with E-state index in [-0.39, 0.29) is 6.61 Å². The molecule has 1 N–H and O–H groups in total. The zero-order chi connectivity index (χ0) is 12.1. The normalized spacial score (nSPS) is 10.7. The van der Waals surface area contributed by atoms with E-state index in [0.717, 1.165) is 18.4 Å². The zero-order valence-electron chi connectivity index (χ0n) is 9.27. The molecule has 0 aliphatic rings. The number of hydrogen-bond donors (Lipinski definition) is 1. The number of nitrogens with zero attached hydrogens (tertiary/aromatic N) is 2. The van der Waals surface area contributed by atoms with E-state index in [9.17, 15) is 0 Å². The monoisotopic (exact) mass is 252 g/mol. The Morgan fingerprint density at radius 2 is 2.18 bits per heavy atom. The van der Waals surface area contributed by atoms with Crippen LogP contribution in [0, 0.1) is 0 Å². The average Bonchev–Trinajstić information content (AvgIpc) is 2.78. The summed E-state index contributed by atoms with van der Waals surface area (Å²) in [6.45, 7) is 0.190. The highest BCUT2D eigenvalue weighted by Crippen LogP contribution is 2.20. The van der Waals surface area contributed by atoms with E-state index in [4.69, 9.17) is 21.2 Å². The van der Waals surface area contributed by atoms with Gasteiger partial charge in [0.25, 0.3) is 0 Å². The number of benzene rings is 1. The summed E-state index contributed by atoms with van der Waals surface area (Å²) in [5, 5.41) is 13.2. The number of halogens is 1. The van der Waals surface area contributed by atoms with Gasteiger partial charge in [-0.05, 0) is 25.0 Å². The third-order valence-electron chi connectivity index (χ3n) is 2.35. The molecule has 0 saturated heterocycles. The highest BCUT2D eigenvalue weighted by atomic mass is 35.5. The highest BCUT2D eigenvalue weighted by Gasteiger charge is 2.08. The average molecular weight is 253 g/mol. The first-order valence-corrected chi connectivity index (χ1v) is 5.87. The van der Waals surface area contributed by atoms with Crippen LogP contribution in [-0.4, -0.2) is 21.9 Å². The first-order chi connectivity index (χ1) is 8.29. The van der Waals surface area contributed by atoms with Gasteiger partial charge in [0.05, 0.1) is 0 Å². The van der Waals surface area contributed by atoms with Crippen molar-refractivity contribution >= 4 is 11.6 Å². The summed E-state index contributed by atoms with van der Waals surface area (Å²) in [7, 11) is 0. The largest absolute Gasteiger partial charge is 0.396 e. The molecule has 0 aliphatic carbocycles. The lowest BCUT2D eigenvalue weighted by Crippen LogP contribution is -1.89. The number of rotatable bonds is 5. The molecule has 0 bridgehead atoms. The van der Waals surface area contributed by atoms with Gasteiger partial charge in [0.15, 0.2) is 0 Å². The second kappa shape index (κ2) is 5.80. The molecule has 90 valence electrons. The predicted octanol–water partition coefficient (Wildman–Crippen LogP) is 2.71. The molecule has 0 amide bonds. The Hall–Kier alpha value is -1.39. The number of unbranched alkanes of at least 4 members (excludes halogenated alkanes) is 1. The zero-order valence-corrected chi connectivity index (χ0v) is 10.0. The van der Waals surface area contributed by atoms with Crippen molar-refractivity contribution in [2.45, 2.75) is 19.3 Å². The van der Waals surface area contributed by atoms with Gasteiger partial charge in [-0.2, -0.15) is 4.98 Å². The first-order valence-electron chi connectivity index (χ1n) is 5.49. The quantitative estimate of drug-likeness (QED) is 0.832. The Labute approximate surface area is 104 Å². The van der Waals surface area contributed by atoms with Gasteiger partial charge in [-0.15, -0.1) is 0 Å². The second-order valence-electron chi connectivity index (χ2n) is 3.70. The first kappa shape index (κ1) is 12.1. The summed E-state index contributed by atoms with van der Waals surface area (Å²) < 4.78 is 5.12. The van der Waals surface area contributed by atoms with E-state index in [0.29, 0.717) is 23.2 Å². The van der Waals surface area contributed by atoms with Crippen molar-refractivity contribution in [3.05, 3.63) is 35.2 Å². The van der Waals surface area contributed by atoms with Crippen LogP contribution in [0.3, 0.4) is 0 Å². The SMILES string of the molecule is OCCCCc1nc(-c2cccc(Cl)c2)no1. The maximum Gasteiger partial charge on any atom is 0.226 e. The van der Waals surface area contributed by atoms with E-state index in [1.807, 2.05) is 12.1 Å². The highest BCUT2D eigenvalue weighted by molar-refractivity contribution is 6.30. The lowest BCUT2D eigenvalue weighted by atomic mass is 10.2. The minimum Gasteiger partial charge on any atom is -0.396 e. The van der Waals surface area contributed by atoms with Crippen molar-refractivity contribution in [1.82, 2.24) is 10.1 Å². The third kappa shape index (κ3) is 3.28. The van der Waals surface area contributed by atoms with Crippen molar-refractivity contribution in [3.63, 3.8) is 0 Å². The van der Waals surface area contributed by atoms with Crippen molar-refractivity contribution in [3.8, 4) is 11.4 Å². The van der Waals surface area contributed by atoms with Gasteiger partial charge in [0.2, 0.25) is 11.7 Å². The number of aliphatic hydroxyl groups is 1. The fourth-order valence-corrected chi connectivity index (χ4v) is 1.68. The molecule has 0 radical (unpaired) electrons. The molecule has 0 unspecified atom stereocenters. The lowest BCUT2D eigenvalue weighted by molar-refractivity contribution is 0.281. The van der Waals surface area contributed by atoms with Crippen LogP contribution in [0.15, 0.2) is 28.8 Å². The standard InChI is InChI=1S/C12H13ClN2O2/c13-10-5-3-4-9(8-10)12-14-11(17-15-12)6-1-2-7-16/h3-5,8,16H,1-2,6-7H2. The van der Waals surface area contributed by atoms with E-state index in [1.54, 1.807) is 12.1 Å². The van der Waals surface area contributed by atoms with Crippen LogP contribution in [-0.2, 0) is 6.42 Å². The molecule has 0 atom stereocenters. The molecule has 1 aromatic carbocycles. The van der Waals surface area contributed by atoms with Crippen LogP contribution in [0.1, 0.15) is 18.7 Å². The maximum atomic E-state index is 8.68. The summed E-state index contributed by atoms with van der Waals surface area (Å²) in [6.07, 6.45) is 2.27. The molecule has 1 heterocycles. The fraction of sp³-hybridized carbons (Fsp3) is 0.333. The molecule has 1 aromatic heterocycles. The molecule has 2 rings (SSSR count). The minimum atomic E-state index is 0.190. The molecule has 0 spiro atoms. The summed E-state index contributed by atoms with van der Waals surface area (Å²) in [5.74, 6) is 1.14. The molecule has 5 heteroatoms. The fourth-order valence-electron chi connectivity index (χ4n) is 1.49. The van der Waals surface area contributed by atoms with E-state index >= 15 is 0 Å².